The second-order valence-corrected chi connectivity index (χ2v) is 6.64. The number of nitrogens with one attached hydrogen (secondary N) is 2. The number of aromatic nitrogens is 2. The van der Waals surface area contributed by atoms with Gasteiger partial charge in [-0.3, -0.25) is 9.89 Å². The number of benzene rings is 2. The molecule has 0 unspecified atom stereocenters. The van der Waals surface area contributed by atoms with Crippen molar-refractivity contribution in [3.63, 3.8) is 0 Å². The fourth-order valence-corrected chi connectivity index (χ4v) is 3.40. The molecule has 0 spiro atoms. The molecule has 1 aromatic heterocycles. The summed E-state index contributed by atoms with van der Waals surface area (Å²) in [6, 6.07) is 9.93. The predicted octanol–water partition coefficient (Wildman–Crippen LogP) is 3.59. The van der Waals surface area contributed by atoms with Gasteiger partial charge in [-0.1, -0.05) is 12.1 Å². The SMILES string of the molecule is Cc1cc(C(=O)NC[C@H]2CCCO2)cc2c(-c3cccc(F)c3)n[nH]c12. The van der Waals surface area contributed by atoms with Gasteiger partial charge in [0.2, 0.25) is 0 Å². The third-order valence-electron chi connectivity index (χ3n) is 4.74. The molecule has 5 nitrogen and oxygen atoms in total. The molecular weight excluding hydrogens is 333 g/mol. The smallest absolute Gasteiger partial charge is 0.251 e. The number of H-pyrrole nitrogens is 1. The summed E-state index contributed by atoms with van der Waals surface area (Å²) in [5.41, 5.74) is 3.64. The Balaban J connectivity index is 1.66. The topological polar surface area (TPSA) is 67.0 Å². The number of fused-ring (bicyclic) bond motifs is 1. The Kier molecular flexibility index (Phi) is 4.42. The van der Waals surface area contributed by atoms with Crippen LogP contribution in [0.5, 0.6) is 0 Å². The second kappa shape index (κ2) is 6.88. The fraction of sp³-hybridized carbons (Fsp3) is 0.300. The van der Waals surface area contributed by atoms with Gasteiger partial charge in [0.05, 0.1) is 11.6 Å². The molecule has 0 radical (unpaired) electrons. The zero-order valence-corrected chi connectivity index (χ0v) is 14.5. The van der Waals surface area contributed by atoms with Crippen molar-refractivity contribution in [3.05, 3.63) is 53.3 Å². The second-order valence-electron chi connectivity index (χ2n) is 6.64. The van der Waals surface area contributed by atoms with Gasteiger partial charge in [-0.15, -0.1) is 0 Å². The highest BCUT2D eigenvalue weighted by molar-refractivity contribution is 6.02. The summed E-state index contributed by atoms with van der Waals surface area (Å²) in [5, 5.41) is 11.1. The molecule has 2 heterocycles. The molecule has 0 aliphatic carbocycles. The van der Waals surface area contributed by atoms with Crippen LogP contribution in [0.1, 0.15) is 28.8 Å². The normalized spacial score (nSPS) is 16.9. The standard InChI is InChI=1S/C20H20FN3O2/c1-12-8-14(20(25)22-11-16-6-3-7-26-16)10-17-18(12)23-24-19(17)13-4-2-5-15(21)9-13/h2,4-5,8-10,16H,3,6-7,11H2,1H3,(H,22,25)(H,23,24)/t16-/m1/s1. The summed E-state index contributed by atoms with van der Waals surface area (Å²) in [6.45, 7) is 3.20. The van der Waals surface area contributed by atoms with E-state index in [2.05, 4.69) is 15.5 Å². The maximum Gasteiger partial charge on any atom is 0.251 e. The Morgan fingerprint density at radius 3 is 3.04 bits per heavy atom. The number of aryl methyl sites for hydroxylation is 1. The lowest BCUT2D eigenvalue weighted by Crippen LogP contribution is -2.31. The maximum atomic E-state index is 13.6. The molecule has 134 valence electrons. The van der Waals surface area contributed by atoms with Crippen molar-refractivity contribution in [2.45, 2.75) is 25.9 Å². The number of aromatic amines is 1. The Bertz CT molecular complexity index is 961. The summed E-state index contributed by atoms with van der Waals surface area (Å²) < 4.78 is 19.1. The van der Waals surface area contributed by atoms with E-state index in [4.69, 9.17) is 4.74 Å². The number of carbonyl (C=O) groups is 1. The number of ether oxygens (including phenoxy) is 1. The van der Waals surface area contributed by atoms with E-state index in [1.165, 1.54) is 12.1 Å². The van der Waals surface area contributed by atoms with Crippen molar-refractivity contribution in [3.8, 4) is 11.3 Å². The number of hydrogen-bond acceptors (Lipinski definition) is 3. The van der Waals surface area contributed by atoms with Gasteiger partial charge < -0.3 is 10.1 Å². The van der Waals surface area contributed by atoms with E-state index in [-0.39, 0.29) is 17.8 Å². The van der Waals surface area contributed by atoms with Crippen molar-refractivity contribution in [2.75, 3.05) is 13.2 Å². The number of halogens is 1. The predicted molar refractivity (Wildman–Crippen MR) is 97.5 cm³/mol. The van der Waals surface area contributed by atoms with Crippen LogP contribution in [-0.2, 0) is 4.74 Å². The molecule has 1 amide bonds. The molecule has 3 aromatic rings. The summed E-state index contributed by atoms with van der Waals surface area (Å²) in [5.74, 6) is -0.460. The van der Waals surface area contributed by atoms with Gasteiger partial charge in [0.25, 0.3) is 5.91 Å². The van der Waals surface area contributed by atoms with Crippen molar-refractivity contribution in [1.29, 1.82) is 0 Å². The number of carbonyl (C=O) groups excluding carboxylic acids is 1. The molecule has 2 N–H and O–H groups in total. The van der Waals surface area contributed by atoms with Crippen molar-refractivity contribution in [2.24, 2.45) is 0 Å². The molecule has 2 aromatic carbocycles. The quantitative estimate of drug-likeness (QED) is 0.753. The minimum absolute atomic E-state index is 0.0977. The van der Waals surface area contributed by atoms with Crippen LogP contribution in [0.15, 0.2) is 36.4 Å². The number of hydrogen-bond donors (Lipinski definition) is 2. The zero-order chi connectivity index (χ0) is 18.1. The molecule has 1 aliphatic rings. The van der Waals surface area contributed by atoms with Crippen molar-refractivity contribution in [1.82, 2.24) is 15.5 Å². The molecule has 1 saturated heterocycles. The fourth-order valence-electron chi connectivity index (χ4n) is 3.40. The van der Waals surface area contributed by atoms with E-state index < -0.39 is 0 Å². The van der Waals surface area contributed by atoms with Crippen LogP contribution in [0.25, 0.3) is 22.2 Å². The molecule has 1 atom stereocenters. The Morgan fingerprint density at radius 1 is 1.38 bits per heavy atom. The monoisotopic (exact) mass is 353 g/mol. The average molecular weight is 353 g/mol. The average Bonchev–Trinajstić information content (AvgIpc) is 3.29. The third kappa shape index (κ3) is 3.20. The van der Waals surface area contributed by atoms with Gasteiger partial charge in [0, 0.05) is 29.7 Å². The van der Waals surface area contributed by atoms with Gasteiger partial charge >= 0.3 is 0 Å². The molecule has 6 heteroatoms. The number of nitrogens with zero attached hydrogens (tertiary/aromatic N) is 1. The van der Waals surface area contributed by atoms with Gasteiger partial charge in [0.15, 0.2) is 0 Å². The lowest BCUT2D eigenvalue weighted by molar-refractivity contribution is 0.0858. The van der Waals surface area contributed by atoms with Crippen LogP contribution in [0.3, 0.4) is 0 Å². The molecule has 4 rings (SSSR count). The molecule has 1 aliphatic heterocycles. The lowest BCUT2D eigenvalue weighted by Gasteiger charge is -2.11. The molecule has 26 heavy (non-hydrogen) atoms. The number of rotatable bonds is 4. The van der Waals surface area contributed by atoms with E-state index >= 15 is 0 Å². The highest BCUT2D eigenvalue weighted by Crippen LogP contribution is 2.29. The van der Waals surface area contributed by atoms with E-state index in [1.807, 2.05) is 13.0 Å². The van der Waals surface area contributed by atoms with Gasteiger partial charge in [-0.2, -0.15) is 5.10 Å². The van der Waals surface area contributed by atoms with Gasteiger partial charge in [0.1, 0.15) is 11.5 Å². The van der Waals surface area contributed by atoms with E-state index in [0.29, 0.717) is 23.4 Å². The van der Waals surface area contributed by atoms with Crippen LogP contribution in [0, 0.1) is 12.7 Å². The minimum atomic E-state index is -0.319. The van der Waals surface area contributed by atoms with Crippen LogP contribution >= 0.6 is 0 Å². The Morgan fingerprint density at radius 2 is 2.27 bits per heavy atom. The minimum Gasteiger partial charge on any atom is -0.376 e. The summed E-state index contributed by atoms with van der Waals surface area (Å²) in [6.07, 6.45) is 2.11. The van der Waals surface area contributed by atoms with Crippen molar-refractivity contribution >= 4 is 16.8 Å². The first kappa shape index (κ1) is 16.7. The maximum absolute atomic E-state index is 13.6. The highest BCUT2D eigenvalue weighted by Gasteiger charge is 2.18. The first-order valence-electron chi connectivity index (χ1n) is 8.76. The lowest BCUT2D eigenvalue weighted by atomic mass is 10.0. The zero-order valence-electron chi connectivity index (χ0n) is 14.5. The van der Waals surface area contributed by atoms with E-state index in [0.717, 1.165) is 35.9 Å². The number of amides is 1. The molecule has 0 saturated carbocycles. The molecule has 1 fully saturated rings. The summed E-state index contributed by atoms with van der Waals surface area (Å²) in [4.78, 5) is 12.6. The largest absolute Gasteiger partial charge is 0.376 e. The van der Waals surface area contributed by atoms with Crippen LogP contribution in [0.4, 0.5) is 4.39 Å². The van der Waals surface area contributed by atoms with E-state index in [1.54, 1.807) is 18.2 Å². The van der Waals surface area contributed by atoms with Crippen LogP contribution in [0.2, 0.25) is 0 Å². The van der Waals surface area contributed by atoms with Gasteiger partial charge in [-0.05, 0) is 49.6 Å². The Labute approximate surface area is 150 Å². The van der Waals surface area contributed by atoms with E-state index in [9.17, 15) is 9.18 Å². The third-order valence-corrected chi connectivity index (χ3v) is 4.74. The first-order chi connectivity index (χ1) is 12.6. The summed E-state index contributed by atoms with van der Waals surface area (Å²) in [7, 11) is 0. The van der Waals surface area contributed by atoms with Crippen LogP contribution in [-0.4, -0.2) is 35.4 Å². The van der Waals surface area contributed by atoms with Crippen molar-refractivity contribution < 1.29 is 13.9 Å². The Hall–Kier alpha value is -2.73. The highest BCUT2D eigenvalue weighted by atomic mass is 19.1. The molecule has 0 bridgehead atoms. The van der Waals surface area contributed by atoms with Crippen LogP contribution < -0.4 is 5.32 Å². The summed E-state index contributed by atoms with van der Waals surface area (Å²) >= 11 is 0. The van der Waals surface area contributed by atoms with Gasteiger partial charge in [-0.25, -0.2) is 4.39 Å². The first-order valence-corrected chi connectivity index (χ1v) is 8.76. The molecular formula is C20H20FN3O2.